The van der Waals surface area contributed by atoms with Crippen molar-refractivity contribution in [1.82, 2.24) is 0 Å². The second-order valence-corrected chi connectivity index (χ2v) is 9.00. The maximum Gasteiger partial charge on any atom is 0.139 e. The van der Waals surface area contributed by atoms with Gasteiger partial charge in [-0.1, -0.05) is 36.4 Å². The van der Waals surface area contributed by atoms with Crippen LogP contribution in [0.25, 0.3) is 10.8 Å². The topological polar surface area (TPSA) is 68.2 Å². The number of methoxy groups -OCH3 is 2. The molecule has 3 aromatic rings. The highest BCUT2D eigenvalue weighted by molar-refractivity contribution is 5.94. The quantitative estimate of drug-likeness (QED) is 0.559. The van der Waals surface area contributed by atoms with E-state index in [-0.39, 0.29) is 17.8 Å². The van der Waals surface area contributed by atoms with Crippen LogP contribution in [0.1, 0.15) is 29.8 Å². The molecule has 6 rings (SSSR count). The largest absolute Gasteiger partial charge is 0.496 e. The third kappa shape index (κ3) is 2.64. The van der Waals surface area contributed by atoms with E-state index >= 15 is 0 Å². The molecule has 0 aliphatic heterocycles. The van der Waals surface area contributed by atoms with Crippen molar-refractivity contribution in [2.45, 2.75) is 18.6 Å². The van der Waals surface area contributed by atoms with Gasteiger partial charge in [-0.15, -0.1) is 0 Å². The number of benzene rings is 3. The summed E-state index contributed by atoms with van der Waals surface area (Å²) in [6, 6.07) is 15.4. The van der Waals surface area contributed by atoms with Crippen molar-refractivity contribution < 1.29 is 24.4 Å². The molecule has 3 aromatic carbocycles. The van der Waals surface area contributed by atoms with E-state index in [0.29, 0.717) is 34.3 Å². The van der Waals surface area contributed by atoms with Crippen molar-refractivity contribution in [2.75, 3.05) is 14.2 Å². The van der Waals surface area contributed by atoms with Crippen LogP contribution in [0.15, 0.2) is 60.7 Å². The molecule has 0 amide bonds. The summed E-state index contributed by atoms with van der Waals surface area (Å²) in [6.45, 7) is 0. The summed E-state index contributed by atoms with van der Waals surface area (Å²) in [5.74, 6) is 3.02. The van der Waals surface area contributed by atoms with E-state index in [2.05, 4.69) is 12.2 Å². The standard InChI is InChI=1S/C27H26O5/c1-30-17-7-3-5-14-6-4-8-19(21(14)17)32-20-12-11-18(31-2)24-25(20)27(29)23-16-10-9-15(13-16)22(23)26(24)28/h3-12,15-16,22-23,26-29H,13H2,1-2H3/t15-,16+,22-,23+,26-,27+/m0/s1. The minimum Gasteiger partial charge on any atom is -0.496 e. The summed E-state index contributed by atoms with van der Waals surface area (Å²) in [6.07, 6.45) is 3.93. The van der Waals surface area contributed by atoms with Gasteiger partial charge in [-0.3, -0.25) is 0 Å². The van der Waals surface area contributed by atoms with Gasteiger partial charge in [0.05, 0.1) is 31.8 Å². The normalized spacial score (nSPS) is 29.6. The van der Waals surface area contributed by atoms with Crippen LogP contribution in [0.3, 0.4) is 0 Å². The lowest BCUT2D eigenvalue weighted by atomic mass is 9.67. The maximum absolute atomic E-state index is 11.6. The van der Waals surface area contributed by atoms with Crippen LogP contribution < -0.4 is 14.2 Å². The number of aliphatic hydroxyl groups excluding tert-OH is 2. The van der Waals surface area contributed by atoms with E-state index in [1.165, 1.54) is 0 Å². The number of aliphatic hydroxyl groups is 2. The average Bonchev–Trinajstić information content (AvgIpc) is 3.44. The van der Waals surface area contributed by atoms with Crippen LogP contribution in [0.4, 0.5) is 0 Å². The van der Waals surface area contributed by atoms with Crippen LogP contribution in [0.5, 0.6) is 23.0 Å². The third-order valence-corrected chi connectivity index (χ3v) is 7.60. The van der Waals surface area contributed by atoms with Gasteiger partial charge in [0.2, 0.25) is 0 Å². The molecule has 0 aromatic heterocycles. The minimum atomic E-state index is -0.736. The Bertz CT molecular complexity index is 1230. The van der Waals surface area contributed by atoms with Crippen LogP contribution in [0.2, 0.25) is 0 Å². The third-order valence-electron chi connectivity index (χ3n) is 7.60. The molecule has 0 heterocycles. The molecular formula is C27H26O5. The van der Waals surface area contributed by atoms with Gasteiger partial charge in [-0.05, 0) is 47.9 Å². The Morgan fingerprint density at radius 2 is 1.25 bits per heavy atom. The Morgan fingerprint density at radius 3 is 1.88 bits per heavy atom. The molecule has 2 bridgehead atoms. The lowest BCUT2D eigenvalue weighted by Crippen LogP contribution is -2.36. The first-order valence-corrected chi connectivity index (χ1v) is 11.1. The molecule has 5 nitrogen and oxygen atoms in total. The summed E-state index contributed by atoms with van der Waals surface area (Å²) in [5, 5.41) is 24.9. The predicted octanol–water partition coefficient (Wildman–Crippen LogP) is 5.17. The molecule has 0 spiro atoms. The lowest BCUT2D eigenvalue weighted by Gasteiger charge is -2.42. The number of hydrogen-bond acceptors (Lipinski definition) is 5. The van der Waals surface area contributed by atoms with Crippen molar-refractivity contribution in [3.8, 4) is 23.0 Å². The summed E-state index contributed by atoms with van der Waals surface area (Å²) in [5.41, 5.74) is 1.28. The number of allylic oxidation sites excluding steroid dienone is 2. The van der Waals surface area contributed by atoms with Crippen LogP contribution in [-0.4, -0.2) is 24.4 Å². The number of ether oxygens (including phenoxy) is 3. The highest BCUT2D eigenvalue weighted by Gasteiger charge is 2.55. The molecule has 3 aliphatic rings. The lowest BCUT2D eigenvalue weighted by molar-refractivity contribution is -0.0232. The molecule has 1 saturated carbocycles. The van der Waals surface area contributed by atoms with Crippen LogP contribution >= 0.6 is 0 Å². The molecule has 0 unspecified atom stereocenters. The van der Waals surface area contributed by atoms with Gasteiger partial charge in [-0.2, -0.15) is 0 Å². The summed E-state index contributed by atoms with van der Waals surface area (Å²) in [4.78, 5) is 0. The molecule has 1 fully saturated rings. The molecule has 2 N–H and O–H groups in total. The highest BCUT2D eigenvalue weighted by atomic mass is 16.5. The Morgan fingerprint density at radius 1 is 0.688 bits per heavy atom. The van der Waals surface area contributed by atoms with E-state index in [4.69, 9.17) is 14.2 Å². The highest BCUT2D eigenvalue weighted by Crippen LogP contribution is 2.62. The van der Waals surface area contributed by atoms with Crippen LogP contribution in [0, 0.1) is 23.7 Å². The van der Waals surface area contributed by atoms with Gasteiger partial charge in [0.25, 0.3) is 0 Å². The average molecular weight is 431 g/mol. The van der Waals surface area contributed by atoms with Crippen molar-refractivity contribution in [2.24, 2.45) is 23.7 Å². The first kappa shape index (κ1) is 19.6. The van der Waals surface area contributed by atoms with E-state index in [1.54, 1.807) is 14.2 Å². The smallest absolute Gasteiger partial charge is 0.139 e. The second kappa shape index (κ2) is 7.26. The zero-order chi connectivity index (χ0) is 22.0. The second-order valence-electron chi connectivity index (χ2n) is 9.00. The molecule has 6 atom stereocenters. The van der Waals surface area contributed by atoms with Crippen molar-refractivity contribution in [3.63, 3.8) is 0 Å². The van der Waals surface area contributed by atoms with Gasteiger partial charge in [0, 0.05) is 23.0 Å². The molecule has 0 saturated heterocycles. The van der Waals surface area contributed by atoms with Gasteiger partial charge in [0.15, 0.2) is 0 Å². The molecular weight excluding hydrogens is 404 g/mol. The zero-order valence-electron chi connectivity index (χ0n) is 18.1. The molecule has 32 heavy (non-hydrogen) atoms. The first-order chi connectivity index (χ1) is 15.6. The predicted molar refractivity (Wildman–Crippen MR) is 121 cm³/mol. The number of fused-ring (bicyclic) bond motifs is 7. The zero-order valence-corrected chi connectivity index (χ0v) is 18.1. The molecule has 164 valence electrons. The molecule has 5 heteroatoms. The fraction of sp³-hybridized carbons (Fsp3) is 0.333. The molecule has 0 radical (unpaired) electrons. The fourth-order valence-electron chi connectivity index (χ4n) is 6.29. The maximum atomic E-state index is 11.6. The van der Waals surface area contributed by atoms with E-state index in [0.717, 1.165) is 22.9 Å². The fourth-order valence-corrected chi connectivity index (χ4v) is 6.29. The number of hydrogen-bond donors (Lipinski definition) is 2. The van der Waals surface area contributed by atoms with Crippen LogP contribution in [-0.2, 0) is 0 Å². The summed E-state index contributed by atoms with van der Waals surface area (Å²) >= 11 is 0. The SMILES string of the molecule is COc1ccc(Oc2cccc3cccc(OC)c23)c2c1[C@@H](O)[C@@H]1[C@@H]([C@@H]3C=C[C@H]1C3)[C@H]2O. The van der Waals surface area contributed by atoms with Gasteiger partial charge in [-0.25, -0.2) is 0 Å². The monoisotopic (exact) mass is 430 g/mol. The van der Waals surface area contributed by atoms with Crippen molar-refractivity contribution >= 4 is 10.8 Å². The number of rotatable bonds is 4. The molecule has 3 aliphatic carbocycles. The Balaban J connectivity index is 1.51. The Kier molecular flexibility index (Phi) is 4.46. The summed E-state index contributed by atoms with van der Waals surface area (Å²) < 4.78 is 17.6. The van der Waals surface area contributed by atoms with Gasteiger partial charge >= 0.3 is 0 Å². The van der Waals surface area contributed by atoms with E-state index < -0.39 is 12.2 Å². The Labute approximate surface area is 186 Å². The minimum absolute atomic E-state index is 0.00528. The van der Waals surface area contributed by atoms with E-state index in [1.807, 2.05) is 48.5 Å². The summed E-state index contributed by atoms with van der Waals surface area (Å²) in [7, 11) is 3.24. The van der Waals surface area contributed by atoms with E-state index in [9.17, 15) is 10.2 Å². The Hall–Kier alpha value is -3.02. The van der Waals surface area contributed by atoms with Gasteiger partial charge < -0.3 is 24.4 Å². The first-order valence-electron chi connectivity index (χ1n) is 11.1. The van der Waals surface area contributed by atoms with Gasteiger partial charge in [0.1, 0.15) is 23.0 Å². The van der Waals surface area contributed by atoms with Crippen molar-refractivity contribution in [1.29, 1.82) is 0 Å². The van der Waals surface area contributed by atoms with Crippen molar-refractivity contribution in [3.05, 3.63) is 71.8 Å².